The van der Waals surface area contributed by atoms with Gasteiger partial charge in [-0.05, 0) is 51.9 Å². The first kappa shape index (κ1) is 15.4. The van der Waals surface area contributed by atoms with Gasteiger partial charge in [0.05, 0.1) is 5.75 Å². The highest BCUT2D eigenvalue weighted by atomic mass is 32.2. The molecule has 1 saturated heterocycles. The minimum atomic E-state index is -0.365. The molecule has 1 fully saturated rings. The van der Waals surface area contributed by atoms with E-state index in [2.05, 4.69) is 5.32 Å². The molecule has 110 valence electrons. The number of piperidine rings is 1. The summed E-state index contributed by atoms with van der Waals surface area (Å²) in [6.45, 7) is 6.11. The third kappa shape index (κ3) is 4.53. The molecular weight excluding hydrogens is 270 g/mol. The quantitative estimate of drug-likeness (QED) is 0.669. The Morgan fingerprint density at radius 3 is 2.60 bits per heavy atom. The van der Waals surface area contributed by atoms with Crippen LogP contribution in [0.25, 0.3) is 0 Å². The number of carbonyl (C=O) groups excluding carboxylic acids is 1. The lowest BCUT2D eigenvalue weighted by Crippen LogP contribution is -2.43. The first-order valence-electron chi connectivity index (χ1n) is 7.18. The topological polar surface area (TPSA) is 38.3 Å². The Balaban J connectivity index is 1.80. The van der Waals surface area contributed by atoms with Crippen molar-refractivity contribution < 1.29 is 9.53 Å². The Kier molecular flexibility index (Phi) is 5.49. The minimum Gasteiger partial charge on any atom is -0.459 e. The summed E-state index contributed by atoms with van der Waals surface area (Å²) in [6, 6.07) is 9.95. The average molecular weight is 293 g/mol. The molecule has 3 nitrogen and oxygen atoms in total. The van der Waals surface area contributed by atoms with Gasteiger partial charge in [0.2, 0.25) is 0 Å². The molecule has 0 spiro atoms. The largest absolute Gasteiger partial charge is 0.459 e. The standard InChI is InChI=1S/C16H23NO2S/c1-16(2,13-8-10-17-11-9-13)19-15(18)12-20-14-6-4-3-5-7-14/h3-7,13,17H,8-12H2,1-2H3. The first-order valence-corrected chi connectivity index (χ1v) is 8.17. The summed E-state index contributed by atoms with van der Waals surface area (Å²) in [5, 5.41) is 3.34. The third-order valence-corrected chi connectivity index (χ3v) is 4.78. The highest BCUT2D eigenvalue weighted by Crippen LogP contribution is 2.29. The maximum absolute atomic E-state index is 12.0. The number of nitrogens with one attached hydrogen (secondary N) is 1. The molecule has 1 aromatic carbocycles. The summed E-state index contributed by atoms with van der Waals surface area (Å²) in [4.78, 5) is 13.1. The van der Waals surface area contributed by atoms with Gasteiger partial charge >= 0.3 is 5.97 Å². The van der Waals surface area contributed by atoms with Crippen molar-refractivity contribution in [1.29, 1.82) is 0 Å². The Morgan fingerprint density at radius 2 is 1.95 bits per heavy atom. The van der Waals surface area contributed by atoms with E-state index in [0.717, 1.165) is 30.8 Å². The average Bonchev–Trinajstić information content (AvgIpc) is 2.47. The number of esters is 1. The summed E-state index contributed by atoms with van der Waals surface area (Å²) in [5.41, 5.74) is -0.365. The Bertz CT molecular complexity index is 427. The molecule has 1 heterocycles. The van der Waals surface area contributed by atoms with E-state index >= 15 is 0 Å². The molecule has 1 N–H and O–H groups in total. The van der Waals surface area contributed by atoms with Crippen molar-refractivity contribution in [3.8, 4) is 0 Å². The van der Waals surface area contributed by atoms with E-state index in [0.29, 0.717) is 11.7 Å². The van der Waals surface area contributed by atoms with Gasteiger partial charge in [-0.1, -0.05) is 18.2 Å². The molecule has 0 saturated carbocycles. The zero-order valence-electron chi connectivity index (χ0n) is 12.2. The Labute approximate surface area is 125 Å². The van der Waals surface area contributed by atoms with Crippen LogP contribution < -0.4 is 5.32 Å². The normalized spacial score (nSPS) is 16.9. The lowest BCUT2D eigenvalue weighted by Gasteiger charge is -2.36. The number of thioether (sulfide) groups is 1. The molecule has 0 aliphatic carbocycles. The highest BCUT2D eigenvalue weighted by Gasteiger charge is 2.33. The molecule has 0 aromatic heterocycles. The van der Waals surface area contributed by atoms with Crippen molar-refractivity contribution >= 4 is 17.7 Å². The van der Waals surface area contributed by atoms with Crippen LogP contribution in [0.4, 0.5) is 0 Å². The fourth-order valence-corrected chi connectivity index (χ4v) is 3.28. The van der Waals surface area contributed by atoms with Crippen LogP contribution in [0.5, 0.6) is 0 Å². The fraction of sp³-hybridized carbons (Fsp3) is 0.562. The fourth-order valence-electron chi connectivity index (χ4n) is 2.58. The van der Waals surface area contributed by atoms with Crippen molar-refractivity contribution in [2.24, 2.45) is 5.92 Å². The van der Waals surface area contributed by atoms with Gasteiger partial charge in [0.1, 0.15) is 5.60 Å². The summed E-state index contributed by atoms with van der Waals surface area (Å²) in [7, 11) is 0. The summed E-state index contributed by atoms with van der Waals surface area (Å²) in [5.74, 6) is 0.704. The van der Waals surface area contributed by atoms with E-state index in [1.807, 2.05) is 44.2 Å². The van der Waals surface area contributed by atoms with Gasteiger partial charge in [0, 0.05) is 10.8 Å². The van der Waals surface area contributed by atoms with E-state index in [9.17, 15) is 4.79 Å². The molecule has 0 radical (unpaired) electrons. The number of benzene rings is 1. The van der Waals surface area contributed by atoms with Gasteiger partial charge in [0.25, 0.3) is 0 Å². The maximum atomic E-state index is 12.0. The van der Waals surface area contributed by atoms with E-state index in [-0.39, 0.29) is 11.6 Å². The van der Waals surface area contributed by atoms with Gasteiger partial charge < -0.3 is 10.1 Å². The second-order valence-electron chi connectivity index (χ2n) is 5.70. The van der Waals surface area contributed by atoms with Crippen molar-refractivity contribution in [3.63, 3.8) is 0 Å². The third-order valence-electron chi connectivity index (χ3n) is 3.80. The van der Waals surface area contributed by atoms with Gasteiger partial charge in [0.15, 0.2) is 0 Å². The van der Waals surface area contributed by atoms with E-state index in [1.54, 1.807) is 0 Å². The zero-order chi connectivity index (χ0) is 14.4. The van der Waals surface area contributed by atoms with Gasteiger partial charge in [-0.2, -0.15) is 0 Å². The first-order chi connectivity index (χ1) is 9.58. The summed E-state index contributed by atoms with van der Waals surface area (Å²) < 4.78 is 5.71. The van der Waals surface area contributed by atoms with Crippen LogP contribution in [0, 0.1) is 5.92 Å². The molecule has 0 unspecified atom stereocenters. The van der Waals surface area contributed by atoms with Crippen molar-refractivity contribution in [2.75, 3.05) is 18.8 Å². The molecule has 20 heavy (non-hydrogen) atoms. The van der Waals surface area contributed by atoms with Crippen LogP contribution in [0.1, 0.15) is 26.7 Å². The molecule has 0 amide bonds. The summed E-state index contributed by atoms with van der Waals surface area (Å²) in [6.07, 6.45) is 2.15. The number of rotatable bonds is 5. The number of carbonyl (C=O) groups is 1. The molecular formula is C16H23NO2S. The monoisotopic (exact) mass is 293 g/mol. The van der Waals surface area contributed by atoms with E-state index in [4.69, 9.17) is 4.74 Å². The van der Waals surface area contributed by atoms with E-state index in [1.165, 1.54) is 11.8 Å². The van der Waals surface area contributed by atoms with Crippen LogP contribution >= 0.6 is 11.8 Å². The molecule has 1 aliphatic rings. The smallest absolute Gasteiger partial charge is 0.316 e. The Morgan fingerprint density at radius 1 is 1.30 bits per heavy atom. The lowest BCUT2D eigenvalue weighted by molar-refractivity contribution is -0.159. The van der Waals surface area contributed by atoms with Crippen LogP contribution in [0.2, 0.25) is 0 Å². The van der Waals surface area contributed by atoms with Gasteiger partial charge in [-0.3, -0.25) is 4.79 Å². The maximum Gasteiger partial charge on any atom is 0.316 e. The predicted octanol–water partition coefficient (Wildman–Crippen LogP) is 3.10. The number of hydrogen-bond donors (Lipinski definition) is 1. The molecule has 0 bridgehead atoms. The minimum absolute atomic E-state index is 0.123. The molecule has 2 rings (SSSR count). The van der Waals surface area contributed by atoms with Gasteiger partial charge in [-0.25, -0.2) is 0 Å². The highest BCUT2D eigenvalue weighted by molar-refractivity contribution is 8.00. The number of hydrogen-bond acceptors (Lipinski definition) is 4. The summed E-state index contributed by atoms with van der Waals surface area (Å²) >= 11 is 1.53. The molecule has 0 atom stereocenters. The lowest BCUT2D eigenvalue weighted by atomic mass is 9.83. The second-order valence-corrected chi connectivity index (χ2v) is 6.75. The molecule has 1 aliphatic heterocycles. The van der Waals surface area contributed by atoms with Gasteiger partial charge in [-0.15, -0.1) is 11.8 Å². The SMILES string of the molecule is CC(C)(OC(=O)CSc1ccccc1)C1CCNCC1. The Hall–Kier alpha value is -1.00. The van der Waals surface area contributed by atoms with Crippen LogP contribution in [0.15, 0.2) is 35.2 Å². The van der Waals surface area contributed by atoms with Crippen molar-refractivity contribution in [2.45, 2.75) is 37.2 Å². The second kappa shape index (κ2) is 7.14. The predicted molar refractivity (Wildman–Crippen MR) is 82.9 cm³/mol. The van der Waals surface area contributed by atoms with Crippen LogP contribution in [0.3, 0.4) is 0 Å². The van der Waals surface area contributed by atoms with Crippen molar-refractivity contribution in [3.05, 3.63) is 30.3 Å². The van der Waals surface area contributed by atoms with E-state index < -0.39 is 0 Å². The van der Waals surface area contributed by atoms with Crippen LogP contribution in [-0.4, -0.2) is 30.4 Å². The van der Waals surface area contributed by atoms with Crippen LogP contribution in [-0.2, 0) is 9.53 Å². The van der Waals surface area contributed by atoms with Crippen molar-refractivity contribution in [1.82, 2.24) is 5.32 Å². The molecule has 4 heteroatoms. The molecule has 1 aromatic rings. The number of ether oxygens (including phenoxy) is 1. The zero-order valence-corrected chi connectivity index (χ0v) is 13.0.